The van der Waals surface area contributed by atoms with Crippen LogP contribution in [0, 0.1) is 0 Å². The summed E-state index contributed by atoms with van der Waals surface area (Å²) in [7, 11) is 0. The van der Waals surface area contributed by atoms with Crippen molar-refractivity contribution in [1.82, 2.24) is 14.9 Å². The van der Waals surface area contributed by atoms with Gasteiger partial charge in [-0.05, 0) is 38.3 Å². The molecule has 0 aliphatic heterocycles. The molecule has 1 aromatic heterocycles. The second kappa shape index (κ2) is 6.86. The maximum Gasteiger partial charge on any atom is 0.0893 e. The second-order valence-electron chi connectivity index (χ2n) is 3.35. The van der Waals surface area contributed by atoms with Crippen molar-refractivity contribution in [3.8, 4) is 0 Å². The molecule has 0 aliphatic carbocycles. The van der Waals surface area contributed by atoms with Crippen molar-refractivity contribution in [3.05, 3.63) is 11.1 Å². The van der Waals surface area contributed by atoms with Gasteiger partial charge in [0.2, 0.25) is 0 Å². The number of nitrogens with zero attached hydrogens (tertiary/aromatic N) is 2. The predicted octanol–water partition coefficient (Wildman–Crippen LogP) is 1.44. The Morgan fingerprint density at radius 3 is 3.07 bits per heavy atom. The van der Waals surface area contributed by atoms with Crippen molar-refractivity contribution in [1.29, 1.82) is 0 Å². The minimum absolute atomic E-state index is 0.331. The Balaban J connectivity index is 1.90. The first-order valence-corrected chi connectivity index (χ1v) is 5.71. The first kappa shape index (κ1) is 11.6. The fourth-order valence-corrected chi connectivity index (χ4v) is 1.44. The molecule has 5 heteroatoms. The van der Waals surface area contributed by atoms with Crippen LogP contribution in [0.3, 0.4) is 0 Å². The predicted molar refractivity (Wildman–Crippen MR) is 57.3 cm³/mol. The third-order valence-electron chi connectivity index (χ3n) is 1.66. The number of hydrogen-bond donors (Lipinski definition) is 1. The summed E-state index contributed by atoms with van der Waals surface area (Å²) in [5.41, 5.74) is 1.01. The molecule has 1 N–H and O–H groups in total. The summed E-state index contributed by atoms with van der Waals surface area (Å²) >= 11 is 1.39. The highest BCUT2D eigenvalue weighted by Crippen LogP contribution is 1.95. The van der Waals surface area contributed by atoms with Crippen molar-refractivity contribution in [3.63, 3.8) is 0 Å². The lowest BCUT2D eigenvalue weighted by Gasteiger charge is -2.07. The highest BCUT2D eigenvalue weighted by molar-refractivity contribution is 7.03. The third kappa shape index (κ3) is 5.26. The Kier molecular flexibility index (Phi) is 5.66. The Labute approximate surface area is 88.8 Å². The van der Waals surface area contributed by atoms with Crippen molar-refractivity contribution in [2.24, 2.45) is 0 Å². The number of rotatable bonds is 7. The maximum atomic E-state index is 5.41. The Hall–Kier alpha value is -0.520. The molecule has 1 rings (SSSR count). The van der Waals surface area contributed by atoms with Crippen molar-refractivity contribution < 1.29 is 4.74 Å². The average Bonchev–Trinajstić information content (AvgIpc) is 2.63. The van der Waals surface area contributed by atoms with Gasteiger partial charge in [-0.3, -0.25) is 0 Å². The lowest BCUT2D eigenvalue weighted by Crippen LogP contribution is -2.17. The van der Waals surface area contributed by atoms with Gasteiger partial charge >= 0.3 is 0 Å². The molecule has 0 aliphatic rings. The molecule has 0 aromatic carbocycles. The zero-order chi connectivity index (χ0) is 10.2. The van der Waals surface area contributed by atoms with Gasteiger partial charge in [0.15, 0.2) is 0 Å². The van der Waals surface area contributed by atoms with Crippen molar-refractivity contribution >= 4 is 11.5 Å². The first-order chi connectivity index (χ1) is 6.79. The summed E-state index contributed by atoms with van der Waals surface area (Å²) in [6.45, 7) is 6.69. The minimum atomic E-state index is 0.331. The summed E-state index contributed by atoms with van der Waals surface area (Å²) < 4.78 is 9.20. The van der Waals surface area contributed by atoms with E-state index in [0.29, 0.717) is 6.10 Å². The van der Waals surface area contributed by atoms with Gasteiger partial charge in [0, 0.05) is 18.5 Å². The van der Waals surface area contributed by atoms with E-state index >= 15 is 0 Å². The van der Waals surface area contributed by atoms with Gasteiger partial charge in [0.05, 0.1) is 11.8 Å². The number of hydrogen-bond acceptors (Lipinski definition) is 5. The minimum Gasteiger partial charge on any atom is -0.379 e. The standard InChI is InChI=1S/C9H17N3OS/c1-8(2)13-5-3-4-10-6-9-7-14-12-11-9/h7-8,10H,3-6H2,1-2H3. The SMILES string of the molecule is CC(C)OCCCNCc1csnn1. The third-order valence-corrected chi connectivity index (χ3v) is 2.21. The molecule has 80 valence electrons. The zero-order valence-corrected chi connectivity index (χ0v) is 9.51. The van der Waals surface area contributed by atoms with Gasteiger partial charge in [-0.2, -0.15) is 0 Å². The molecular formula is C9H17N3OS. The molecule has 0 bridgehead atoms. The van der Waals surface area contributed by atoms with Crippen LogP contribution in [0.15, 0.2) is 5.38 Å². The fourth-order valence-electron chi connectivity index (χ4n) is 0.994. The molecule has 0 saturated heterocycles. The molecule has 0 saturated carbocycles. The van der Waals surface area contributed by atoms with Crippen LogP contribution in [0.25, 0.3) is 0 Å². The summed E-state index contributed by atoms with van der Waals surface area (Å²) in [5, 5.41) is 9.18. The van der Waals surface area contributed by atoms with Crippen molar-refractivity contribution in [2.75, 3.05) is 13.2 Å². The van der Waals surface area contributed by atoms with E-state index in [-0.39, 0.29) is 0 Å². The highest BCUT2D eigenvalue weighted by Gasteiger charge is 1.95. The van der Waals surface area contributed by atoms with Crippen LogP contribution in [-0.4, -0.2) is 28.8 Å². The lowest BCUT2D eigenvalue weighted by molar-refractivity contribution is 0.0770. The summed E-state index contributed by atoms with van der Waals surface area (Å²) in [4.78, 5) is 0. The van der Waals surface area contributed by atoms with Crippen LogP contribution in [0.1, 0.15) is 26.0 Å². The molecule has 1 aromatic rings. The van der Waals surface area contributed by atoms with Crippen LogP contribution >= 0.6 is 11.5 Å². The summed E-state index contributed by atoms with van der Waals surface area (Å²) in [5.74, 6) is 0. The van der Waals surface area contributed by atoms with E-state index < -0.39 is 0 Å². The molecule has 0 fully saturated rings. The average molecular weight is 215 g/mol. The Morgan fingerprint density at radius 1 is 1.57 bits per heavy atom. The Bertz CT molecular complexity index is 226. The normalized spacial score (nSPS) is 11.1. The largest absolute Gasteiger partial charge is 0.379 e. The maximum absolute atomic E-state index is 5.41. The monoisotopic (exact) mass is 215 g/mol. The molecule has 0 radical (unpaired) electrons. The highest BCUT2D eigenvalue weighted by atomic mass is 32.1. The van der Waals surface area contributed by atoms with Gasteiger partial charge in [-0.25, -0.2) is 0 Å². The van der Waals surface area contributed by atoms with Gasteiger partial charge in [0.25, 0.3) is 0 Å². The molecule has 0 spiro atoms. The van der Waals surface area contributed by atoms with Crippen molar-refractivity contribution in [2.45, 2.75) is 32.9 Å². The van der Waals surface area contributed by atoms with E-state index in [1.165, 1.54) is 11.5 Å². The summed E-state index contributed by atoms with van der Waals surface area (Å²) in [6.07, 6.45) is 1.37. The number of aromatic nitrogens is 2. The number of nitrogens with one attached hydrogen (secondary N) is 1. The number of ether oxygens (including phenoxy) is 1. The van der Waals surface area contributed by atoms with Gasteiger partial charge in [0.1, 0.15) is 0 Å². The molecule has 1 heterocycles. The fraction of sp³-hybridized carbons (Fsp3) is 0.778. The summed E-state index contributed by atoms with van der Waals surface area (Å²) in [6, 6.07) is 0. The van der Waals surface area contributed by atoms with Crippen LogP contribution < -0.4 is 5.32 Å². The van der Waals surface area contributed by atoms with E-state index in [1.807, 2.05) is 19.2 Å². The van der Waals surface area contributed by atoms with Crippen LogP contribution in [0.2, 0.25) is 0 Å². The van der Waals surface area contributed by atoms with Gasteiger partial charge in [-0.1, -0.05) is 4.49 Å². The van der Waals surface area contributed by atoms with Gasteiger partial charge in [-0.15, -0.1) is 5.10 Å². The second-order valence-corrected chi connectivity index (χ2v) is 3.96. The van der Waals surface area contributed by atoms with Crippen LogP contribution in [0.4, 0.5) is 0 Å². The lowest BCUT2D eigenvalue weighted by atomic mass is 10.4. The van der Waals surface area contributed by atoms with E-state index in [9.17, 15) is 0 Å². The molecule has 0 unspecified atom stereocenters. The zero-order valence-electron chi connectivity index (χ0n) is 8.69. The van der Waals surface area contributed by atoms with E-state index in [1.54, 1.807) is 0 Å². The molecule has 0 atom stereocenters. The smallest absolute Gasteiger partial charge is 0.0893 e. The first-order valence-electron chi connectivity index (χ1n) is 4.87. The quantitative estimate of drug-likeness (QED) is 0.699. The topological polar surface area (TPSA) is 47.0 Å². The van der Waals surface area contributed by atoms with Crippen LogP contribution in [-0.2, 0) is 11.3 Å². The van der Waals surface area contributed by atoms with E-state index in [2.05, 4.69) is 14.9 Å². The molecule has 14 heavy (non-hydrogen) atoms. The van der Waals surface area contributed by atoms with Crippen LogP contribution in [0.5, 0.6) is 0 Å². The van der Waals surface area contributed by atoms with E-state index in [0.717, 1.165) is 31.8 Å². The molecular weight excluding hydrogens is 198 g/mol. The van der Waals surface area contributed by atoms with E-state index in [4.69, 9.17) is 4.74 Å². The molecule has 4 nitrogen and oxygen atoms in total. The molecule has 0 amide bonds. The van der Waals surface area contributed by atoms with Gasteiger partial charge < -0.3 is 10.1 Å². The Morgan fingerprint density at radius 2 is 2.43 bits per heavy atom.